The molecule has 2 heterocycles. The van der Waals surface area contributed by atoms with Crippen LogP contribution in [0.25, 0.3) is 0 Å². The summed E-state index contributed by atoms with van der Waals surface area (Å²) >= 11 is 0. The first-order chi connectivity index (χ1) is 13.7. The minimum absolute atomic E-state index is 0.611. The van der Waals surface area contributed by atoms with Crippen LogP contribution in [0.3, 0.4) is 0 Å². The number of aromatic nitrogens is 3. The first kappa shape index (κ1) is 20.2. The molecule has 0 fully saturated rings. The number of hydrogen-bond acceptors (Lipinski definition) is 4. The minimum Gasteiger partial charge on any atom is -0.493 e. The van der Waals surface area contributed by atoms with Crippen LogP contribution < -0.4 is 15.4 Å². The smallest absolute Gasteiger partial charge is 0.191 e. The molecule has 3 rings (SSSR count). The lowest BCUT2D eigenvalue weighted by Crippen LogP contribution is -2.37. The quantitative estimate of drug-likeness (QED) is 0.567. The molecule has 1 aromatic heterocycles. The molecule has 7 heteroatoms. The van der Waals surface area contributed by atoms with Crippen molar-refractivity contribution in [3.8, 4) is 5.75 Å². The summed E-state index contributed by atoms with van der Waals surface area (Å²) in [4.78, 5) is 4.34. The molecule has 0 saturated heterocycles. The minimum atomic E-state index is 0.611. The van der Waals surface area contributed by atoms with Crippen LogP contribution in [0.1, 0.15) is 55.4 Å². The predicted octanol–water partition coefficient (Wildman–Crippen LogP) is 2.97. The fourth-order valence-electron chi connectivity index (χ4n) is 3.39. The van der Waals surface area contributed by atoms with Gasteiger partial charge < -0.3 is 19.9 Å². The van der Waals surface area contributed by atoms with E-state index in [2.05, 4.69) is 62.4 Å². The summed E-state index contributed by atoms with van der Waals surface area (Å²) in [5, 5.41) is 15.5. The summed E-state index contributed by atoms with van der Waals surface area (Å²) < 4.78 is 8.16. The van der Waals surface area contributed by atoms with Gasteiger partial charge >= 0.3 is 0 Å². The number of ether oxygens (including phenoxy) is 1. The summed E-state index contributed by atoms with van der Waals surface area (Å²) in [7, 11) is 1.78. The number of hydrogen-bond donors (Lipinski definition) is 2. The molecule has 0 amide bonds. The Kier molecular flexibility index (Phi) is 7.28. The number of rotatable bonds is 7. The molecule has 0 spiro atoms. The molecule has 0 saturated carbocycles. The highest BCUT2D eigenvalue weighted by Gasteiger charge is 2.14. The number of benzene rings is 1. The Bertz CT molecular complexity index is 798. The molecule has 2 aromatic rings. The Balaban J connectivity index is 1.58. The molecule has 0 bridgehead atoms. The van der Waals surface area contributed by atoms with Gasteiger partial charge in [0.1, 0.15) is 11.6 Å². The van der Waals surface area contributed by atoms with Gasteiger partial charge in [-0.05, 0) is 37.8 Å². The van der Waals surface area contributed by atoms with E-state index in [0.29, 0.717) is 13.1 Å². The maximum atomic E-state index is 5.90. The average Bonchev–Trinajstić information content (AvgIpc) is 2.93. The van der Waals surface area contributed by atoms with Crippen LogP contribution >= 0.6 is 0 Å². The molecule has 0 aliphatic carbocycles. The van der Waals surface area contributed by atoms with Gasteiger partial charge in [0.25, 0.3) is 0 Å². The van der Waals surface area contributed by atoms with Crippen LogP contribution in [0.4, 0.5) is 0 Å². The van der Waals surface area contributed by atoms with E-state index in [1.807, 2.05) is 0 Å². The van der Waals surface area contributed by atoms with Crippen LogP contribution in [0.2, 0.25) is 0 Å². The van der Waals surface area contributed by atoms with Gasteiger partial charge in [0, 0.05) is 32.1 Å². The van der Waals surface area contributed by atoms with E-state index in [1.54, 1.807) is 7.05 Å². The maximum Gasteiger partial charge on any atom is 0.191 e. The molecule has 7 nitrogen and oxygen atoms in total. The Morgan fingerprint density at radius 3 is 2.86 bits per heavy atom. The summed E-state index contributed by atoms with van der Waals surface area (Å²) in [5.41, 5.74) is 2.32. The van der Waals surface area contributed by atoms with Crippen LogP contribution in [-0.4, -0.2) is 34.4 Å². The van der Waals surface area contributed by atoms with Crippen molar-refractivity contribution in [1.82, 2.24) is 25.4 Å². The monoisotopic (exact) mass is 384 g/mol. The fraction of sp³-hybridized carbons (Fsp3) is 0.571. The summed E-state index contributed by atoms with van der Waals surface area (Å²) in [6.45, 7) is 7.19. The van der Waals surface area contributed by atoms with Crippen LogP contribution in [0, 0.1) is 6.92 Å². The van der Waals surface area contributed by atoms with Crippen molar-refractivity contribution < 1.29 is 4.74 Å². The van der Waals surface area contributed by atoms with Crippen molar-refractivity contribution in [2.45, 2.75) is 65.6 Å². The number of aryl methyl sites for hydroxylation is 2. The Morgan fingerprint density at radius 1 is 1.18 bits per heavy atom. The third-order valence-corrected chi connectivity index (χ3v) is 4.95. The summed E-state index contributed by atoms with van der Waals surface area (Å²) in [5.74, 6) is 3.76. The highest BCUT2D eigenvalue weighted by atomic mass is 16.5. The second kappa shape index (κ2) is 10.1. The molecule has 0 radical (unpaired) electrons. The molecular weight excluding hydrogens is 352 g/mol. The first-order valence-corrected chi connectivity index (χ1v) is 10.3. The highest BCUT2D eigenvalue weighted by molar-refractivity contribution is 5.79. The van der Waals surface area contributed by atoms with Crippen LogP contribution in [0.15, 0.2) is 23.2 Å². The second-order valence-corrected chi connectivity index (χ2v) is 7.23. The zero-order chi connectivity index (χ0) is 19.8. The number of nitrogens with zero attached hydrogens (tertiary/aromatic N) is 4. The van der Waals surface area contributed by atoms with E-state index in [4.69, 9.17) is 4.74 Å². The van der Waals surface area contributed by atoms with Crippen molar-refractivity contribution in [3.05, 3.63) is 41.0 Å². The lowest BCUT2D eigenvalue weighted by molar-refractivity contribution is 0.313. The first-order valence-electron chi connectivity index (χ1n) is 10.3. The van der Waals surface area contributed by atoms with Gasteiger partial charge in [0.05, 0.1) is 13.2 Å². The molecule has 1 aliphatic heterocycles. The normalized spacial score (nSPS) is 14.3. The zero-order valence-corrected chi connectivity index (χ0v) is 17.3. The topological polar surface area (TPSA) is 76.4 Å². The molecule has 1 aliphatic rings. The standard InChI is InChI=1S/C21H32N6O/c1-4-12-28-18-13-16(2)9-10-17(18)14-23-21(22-3)24-15-20-26-25-19-8-6-5-7-11-27(19)20/h9-10,13H,4-8,11-12,14-15H2,1-3H3,(H2,22,23,24). The van der Waals surface area contributed by atoms with Gasteiger partial charge in [-0.15, -0.1) is 10.2 Å². The van der Waals surface area contributed by atoms with Crippen LogP contribution in [-0.2, 0) is 26.1 Å². The van der Waals surface area contributed by atoms with Crippen molar-refractivity contribution in [3.63, 3.8) is 0 Å². The van der Waals surface area contributed by atoms with Crippen molar-refractivity contribution in [2.24, 2.45) is 4.99 Å². The van der Waals surface area contributed by atoms with Gasteiger partial charge in [-0.25, -0.2) is 0 Å². The molecule has 152 valence electrons. The predicted molar refractivity (Wildman–Crippen MR) is 112 cm³/mol. The average molecular weight is 385 g/mol. The van der Waals surface area contributed by atoms with E-state index in [-0.39, 0.29) is 0 Å². The number of aliphatic imine (C=N–C) groups is 1. The van der Waals surface area contributed by atoms with Crippen molar-refractivity contribution in [1.29, 1.82) is 0 Å². The van der Waals surface area contributed by atoms with Crippen LogP contribution in [0.5, 0.6) is 5.75 Å². The molecular formula is C21H32N6O. The number of nitrogens with one attached hydrogen (secondary N) is 2. The van der Waals surface area contributed by atoms with E-state index < -0.39 is 0 Å². The zero-order valence-electron chi connectivity index (χ0n) is 17.3. The van der Waals surface area contributed by atoms with Crippen molar-refractivity contribution in [2.75, 3.05) is 13.7 Å². The molecule has 2 N–H and O–H groups in total. The molecule has 0 atom stereocenters. The fourth-order valence-corrected chi connectivity index (χ4v) is 3.39. The van der Waals surface area contributed by atoms with E-state index in [0.717, 1.165) is 54.9 Å². The van der Waals surface area contributed by atoms with E-state index in [9.17, 15) is 0 Å². The van der Waals surface area contributed by atoms with E-state index >= 15 is 0 Å². The van der Waals surface area contributed by atoms with Gasteiger partial charge in [-0.1, -0.05) is 25.5 Å². The summed E-state index contributed by atoms with van der Waals surface area (Å²) in [6.07, 6.45) is 5.67. The summed E-state index contributed by atoms with van der Waals surface area (Å²) in [6, 6.07) is 6.31. The Labute approximate surface area is 167 Å². The van der Waals surface area contributed by atoms with Gasteiger partial charge in [-0.2, -0.15) is 0 Å². The van der Waals surface area contributed by atoms with Gasteiger partial charge in [0.15, 0.2) is 11.8 Å². The SMILES string of the molecule is CCCOc1cc(C)ccc1CNC(=NC)NCc1nnc2n1CCCCC2. The highest BCUT2D eigenvalue weighted by Crippen LogP contribution is 2.20. The lowest BCUT2D eigenvalue weighted by Gasteiger charge is -2.15. The second-order valence-electron chi connectivity index (χ2n) is 7.23. The number of fused-ring (bicyclic) bond motifs is 1. The van der Waals surface area contributed by atoms with E-state index in [1.165, 1.54) is 24.8 Å². The molecule has 1 aromatic carbocycles. The molecule has 28 heavy (non-hydrogen) atoms. The van der Waals surface area contributed by atoms with Gasteiger partial charge in [-0.3, -0.25) is 4.99 Å². The third kappa shape index (κ3) is 5.24. The largest absolute Gasteiger partial charge is 0.493 e. The third-order valence-electron chi connectivity index (χ3n) is 4.95. The number of guanidine groups is 1. The Hall–Kier alpha value is -2.57. The maximum absolute atomic E-state index is 5.90. The van der Waals surface area contributed by atoms with Gasteiger partial charge in [0.2, 0.25) is 0 Å². The lowest BCUT2D eigenvalue weighted by atomic mass is 10.1. The molecule has 0 unspecified atom stereocenters. The Morgan fingerprint density at radius 2 is 2.04 bits per heavy atom. The van der Waals surface area contributed by atoms with Crippen molar-refractivity contribution >= 4 is 5.96 Å².